The molecule has 2 nitrogen and oxygen atoms in total. The van der Waals surface area contributed by atoms with Crippen molar-refractivity contribution in [3.05, 3.63) is 215 Å². The van der Waals surface area contributed by atoms with Crippen molar-refractivity contribution in [2.24, 2.45) is 0 Å². The van der Waals surface area contributed by atoms with Gasteiger partial charge in [-0.15, -0.1) is 0 Å². The maximum Gasteiger partial charge on any atom is 0.0540 e. The maximum atomic E-state index is 2.47. The van der Waals surface area contributed by atoms with E-state index in [9.17, 15) is 0 Å². The van der Waals surface area contributed by atoms with Gasteiger partial charge in [0.1, 0.15) is 0 Å². The van der Waals surface area contributed by atoms with E-state index in [4.69, 9.17) is 0 Å². The van der Waals surface area contributed by atoms with Gasteiger partial charge < -0.3 is 9.80 Å². The van der Waals surface area contributed by atoms with E-state index in [1.807, 2.05) is 0 Å². The van der Waals surface area contributed by atoms with Crippen molar-refractivity contribution in [3.63, 3.8) is 0 Å². The standard InChI is InChI=1S/C58H48N2/c1-37-23-25-45(55-39(3)15-13-16-40(55)4)35-53(37)59(47-19-9-7-10-20-47)51-33-29-43-27-28-44-30-34-52(50-32-31-49(51)57(43)58(44)50)60(48-21-11-8-12-22-48)54-36-46(26-24-38(54)2)56-41(5)17-14-18-42(56)6/h7-36H,1-6H3. The molecule has 2 heteroatoms. The number of rotatable bonds is 8. The molecule has 0 bridgehead atoms. The largest absolute Gasteiger partial charge is 0.310 e. The summed E-state index contributed by atoms with van der Waals surface area (Å²) in [6.07, 6.45) is 0. The molecule has 0 atom stereocenters. The first-order valence-electron chi connectivity index (χ1n) is 21.0. The second kappa shape index (κ2) is 14.9. The summed E-state index contributed by atoms with van der Waals surface area (Å²) in [6.45, 7) is 13.3. The van der Waals surface area contributed by atoms with Gasteiger partial charge in [-0.25, -0.2) is 0 Å². The molecule has 0 amide bonds. The fraction of sp³-hybridized carbons (Fsp3) is 0.103. The molecule has 0 aliphatic heterocycles. The third kappa shape index (κ3) is 6.19. The van der Waals surface area contributed by atoms with E-state index >= 15 is 0 Å². The minimum absolute atomic E-state index is 1.13. The fourth-order valence-corrected chi connectivity index (χ4v) is 9.68. The van der Waals surface area contributed by atoms with Crippen molar-refractivity contribution in [2.75, 3.05) is 9.80 Å². The van der Waals surface area contributed by atoms with Gasteiger partial charge in [0.2, 0.25) is 0 Å². The Kier molecular flexibility index (Phi) is 9.22. The molecule has 10 aromatic carbocycles. The van der Waals surface area contributed by atoms with Crippen molar-refractivity contribution in [3.8, 4) is 22.3 Å². The van der Waals surface area contributed by atoms with Crippen LogP contribution in [0.4, 0.5) is 34.1 Å². The Morgan fingerprint density at radius 3 is 1.03 bits per heavy atom. The van der Waals surface area contributed by atoms with E-state index in [1.54, 1.807) is 0 Å². The number of aryl methyl sites for hydroxylation is 6. The molecule has 0 heterocycles. The Hall–Kier alpha value is -7.16. The van der Waals surface area contributed by atoms with Gasteiger partial charge in [0.15, 0.2) is 0 Å². The van der Waals surface area contributed by atoms with Crippen molar-refractivity contribution in [1.29, 1.82) is 0 Å². The average Bonchev–Trinajstić information content (AvgIpc) is 3.26. The van der Waals surface area contributed by atoms with Crippen LogP contribution >= 0.6 is 0 Å². The van der Waals surface area contributed by atoms with Crippen molar-refractivity contribution >= 4 is 66.4 Å². The highest BCUT2D eigenvalue weighted by Crippen LogP contribution is 2.49. The maximum absolute atomic E-state index is 2.47. The molecule has 60 heavy (non-hydrogen) atoms. The topological polar surface area (TPSA) is 6.48 Å². The molecule has 0 aliphatic rings. The number of anilines is 6. The van der Waals surface area contributed by atoms with E-state index in [0.717, 1.165) is 22.7 Å². The molecule has 10 aromatic rings. The Morgan fingerprint density at radius 2 is 0.650 bits per heavy atom. The monoisotopic (exact) mass is 772 g/mol. The summed E-state index contributed by atoms with van der Waals surface area (Å²) in [5, 5.41) is 7.48. The van der Waals surface area contributed by atoms with Crippen LogP contribution in [0.3, 0.4) is 0 Å². The fourth-order valence-electron chi connectivity index (χ4n) is 9.68. The van der Waals surface area contributed by atoms with E-state index in [0.29, 0.717) is 0 Å². The molecule has 0 aliphatic carbocycles. The van der Waals surface area contributed by atoms with Crippen LogP contribution < -0.4 is 9.80 Å². The van der Waals surface area contributed by atoms with Gasteiger partial charge in [0.05, 0.1) is 11.4 Å². The molecule has 0 saturated heterocycles. The molecule has 0 spiro atoms. The molecule has 0 fully saturated rings. The van der Waals surface area contributed by atoms with Crippen molar-refractivity contribution in [2.45, 2.75) is 41.5 Å². The van der Waals surface area contributed by atoms with E-state index in [-0.39, 0.29) is 0 Å². The third-order valence-electron chi connectivity index (χ3n) is 12.6. The lowest BCUT2D eigenvalue weighted by atomic mass is 9.91. The molecule has 0 saturated carbocycles. The van der Waals surface area contributed by atoms with Crippen LogP contribution in [-0.2, 0) is 0 Å². The number of benzene rings is 10. The quantitative estimate of drug-likeness (QED) is 0.142. The zero-order valence-corrected chi connectivity index (χ0v) is 35.2. The van der Waals surface area contributed by atoms with E-state index < -0.39 is 0 Å². The zero-order chi connectivity index (χ0) is 41.1. The Morgan fingerprint density at radius 1 is 0.283 bits per heavy atom. The van der Waals surface area contributed by atoms with E-state index in [1.165, 1.54) is 99.3 Å². The molecule has 10 rings (SSSR count). The summed E-state index contributed by atoms with van der Waals surface area (Å²) in [7, 11) is 0. The molecule has 0 N–H and O–H groups in total. The van der Waals surface area contributed by atoms with Gasteiger partial charge in [0, 0.05) is 33.5 Å². The highest BCUT2D eigenvalue weighted by atomic mass is 15.2. The summed E-state index contributed by atoms with van der Waals surface area (Å²) in [6, 6.07) is 67.4. The lowest BCUT2D eigenvalue weighted by Gasteiger charge is -2.31. The number of para-hydroxylation sites is 2. The molecule has 290 valence electrons. The van der Waals surface area contributed by atoms with Gasteiger partial charge in [0.25, 0.3) is 0 Å². The van der Waals surface area contributed by atoms with Crippen LogP contribution in [0, 0.1) is 41.5 Å². The average molecular weight is 773 g/mol. The molecule has 0 aromatic heterocycles. The predicted octanol–water partition coefficient (Wildman–Crippen LogP) is 16.7. The molecule has 0 radical (unpaired) electrons. The number of hydrogen-bond donors (Lipinski definition) is 0. The van der Waals surface area contributed by atoms with Crippen LogP contribution in [-0.4, -0.2) is 0 Å². The van der Waals surface area contributed by atoms with Gasteiger partial charge in [-0.3, -0.25) is 0 Å². The highest BCUT2D eigenvalue weighted by Gasteiger charge is 2.24. The summed E-state index contributed by atoms with van der Waals surface area (Å²) in [5.41, 5.74) is 19.6. The van der Waals surface area contributed by atoms with Gasteiger partial charge in [-0.05, 0) is 167 Å². The third-order valence-corrected chi connectivity index (χ3v) is 12.6. The number of hydrogen-bond acceptors (Lipinski definition) is 2. The predicted molar refractivity (Wildman–Crippen MR) is 259 cm³/mol. The summed E-state index contributed by atoms with van der Waals surface area (Å²) in [5.74, 6) is 0. The van der Waals surface area contributed by atoms with Crippen molar-refractivity contribution < 1.29 is 0 Å². The van der Waals surface area contributed by atoms with Crippen LogP contribution in [0.5, 0.6) is 0 Å². The van der Waals surface area contributed by atoms with Gasteiger partial charge in [-0.2, -0.15) is 0 Å². The summed E-state index contributed by atoms with van der Waals surface area (Å²) < 4.78 is 0. The molecule has 0 unspecified atom stereocenters. The van der Waals surface area contributed by atoms with Crippen LogP contribution in [0.25, 0.3) is 54.6 Å². The first-order valence-corrected chi connectivity index (χ1v) is 21.0. The molecular weight excluding hydrogens is 725 g/mol. The van der Waals surface area contributed by atoms with E-state index in [2.05, 4.69) is 233 Å². The Bertz CT molecular complexity index is 2960. The summed E-state index contributed by atoms with van der Waals surface area (Å²) in [4.78, 5) is 4.94. The molecular formula is C58H48N2. The van der Waals surface area contributed by atoms with Gasteiger partial charge in [-0.1, -0.05) is 133 Å². The van der Waals surface area contributed by atoms with Crippen LogP contribution in [0.2, 0.25) is 0 Å². The number of nitrogens with zero attached hydrogens (tertiary/aromatic N) is 2. The van der Waals surface area contributed by atoms with Crippen LogP contribution in [0.15, 0.2) is 182 Å². The smallest absolute Gasteiger partial charge is 0.0540 e. The SMILES string of the molecule is Cc1ccc(-c2c(C)cccc2C)cc1N(c1ccccc1)c1ccc2ccc3ccc(N(c4ccccc4)c4cc(-c5c(C)cccc5C)ccc4C)c4ccc1c2c34. The minimum Gasteiger partial charge on any atom is -0.310 e. The van der Waals surface area contributed by atoms with Crippen molar-refractivity contribution in [1.82, 2.24) is 0 Å². The zero-order valence-electron chi connectivity index (χ0n) is 35.2. The lowest BCUT2D eigenvalue weighted by Crippen LogP contribution is -2.13. The van der Waals surface area contributed by atoms with Gasteiger partial charge >= 0.3 is 0 Å². The lowest BCUT2D eigenvalue weighted by molar-refractivity contribution is 1.26. The van der Waals surface area contributed by atoms with Crippen LogP contribution in [0.1, 0.15) is 33.4 Å². The Balaban J connectivity index is 1.22. The highest BCUT2D eigenvalue weighted by molar-refractivity contribution is 6.28. The summed E-state index contributed by atoms with van der Waals surface area (Å²) >= 11 is 0. The minimum atomic E-state index is 1.13. The first-order chi connectivity index (χ1) is 29.3. The first kappa shape index (κ1) is 37.1. The normalized spacial score (nSPS) is 11.5. The second-order valence-electron chi connectivity index (χ2n) is 16.5. The second-order valence-corrected chi connectivity index (χ2v) is 16.5. The Labute approximate surface area is 354 Å².